The molecular weight excluding hydrogens is 429 g/mol. The Bertz CT molecular complexity index is 1150. The molecule has 162 valence electrons. The molecule has 0 saturated carbocycles. The Morgan fingerprint density at radius 1 is 0.871 bits per heavy atom. The van der Waals surface area contributed by atoms with E-state index in [4.69, 9.17) is 0 Å². The van der Waals surface area contributed by atoms with E-state index < -0.39 is 27.7 Å². The SMILES string of the molecule is O=C(NCCc1ccc(C(F)(F)F)cc1)c1cccc(NS(=O)(=O)c2ccccc2)c1. The average molecular weight is 448 g/mol. The van der Waals surface area contributed by atoms with Gasteiger partial charge in [0.1, 0.15) is 0 Å². The predicted octanol–water partition coefficient (Wildman–Crippen LogP) is 4.48. The van der Waals surface area contributed by atoms with E-state index in [1.54, 1.807) is 24.3 Å². The summed E-state index contributed by atoms with van der Waals surface area (Å²) < 4.78 is 65.1. The number of amides is 1. The largest absolute Gasteiger partial charge is 0.416 e. The van der Waals surface area contributed by atoms with Gasteiger partial charge in [-0.25, -0.2) is 8.42 Å². The monoisotopic (exact) mass is 448 g/mol. The van der Waals surface area contributed by atoms with Crippen LogP contribution in [0.2, 0.25) is 0 Å². The molecule has 9 heteroatoms. The number of hydrogen-bond acceptors (Lipinski definition) is 3. The maximum absolute atomic E-state index is 12.6. The highest BCUT2D eigenvalue weighted by atomic mass is 32.2. The zero-order chi connectivity index (χ0) is 22.5. The van der Waals surface area contributed by atoms with Crippen molar-refractivity contribution in [3.63, 3.8) is 0 Å². The van der Waals surface area contributed by atoms with Gasteiger partial charge >= 0.3 is 6.18 Å². The summed E-state index contributed by atoms with van der Waals surface area (Å²) in [5, 5.41) is 2.68. The summed E-state index contributed by atoms with van der Waals surface area (Å²) in [6.07, 6.45) is -4.04. The summed E-state index contributed by atoms with van der Waals surface area (Å²) in [6, 6.07) is 18.6. The summed E-state index contributed by atoms with van der Waals surface area (Å²) in [4.78, 5) is 12.5. The van der Waals surface area contributed by atoms with E-state index in [1.165, 1.54) is 42.5 Å². The topological polar surface area (TPSA) is 75.3 Å². The fourth-order valence-corrected chi connectivity index (χ4v) is 3.89. The second-order valence-electron chi connectivity index (χ2n) is 6.70. The summed E-state index contributed by atoms with van der Waals surface area (Å²) >= 11 is 0. The molecule has 0 aliphatic carbocycles. The molecule has 5 nitrogen and oxygen atoms in total. The Morgan fingerprint density at radius 2 is 1.55 bits per heavy atom. The quantitative estimate of drug-likeness (QED) is 0.560. The molecule has 0 aliphatic rings. The molecule has 0 atom stereocenters. The van der Waals surface area contributed by atoms with Crippen molar-refractivity contribution >= 4 is 21.6 Å². The normalized spacial score (nSPS) is 11.7. The standard InChI is InChI=1S/C22H19F3N2O3S/c23-22(24,25)18-11-9-16(10-12-18)13-14-26-21(28)17-5-4-6-19(15-17)27-31(29,30)20-7-2-1-3-8-20/h1-12,15,27H,13-14H2,(H,26,28). The molecule has 0 fully saturated rings. The zero-order valence-electron chi connectivity index (χ0n) is 16.2. The Hall–Kier alpha value is -3.33. The van der Waals surface area contributed by atoms with Gasteiger partial charge in [0.25, 0.3) is 15.9 Å². The lowest BCUT2D eigenvalue weighted by atomic mass is 10.1. The number of sulfonamides is 1. The van der Waals surface area contributed by atoms with Gasteiger partial charge < -0.3 is 5.32 Å². The van der Waals surface area contributed by atoms with Crippen LogP contribution in [0.25, 0.3) is 0 Å². The average Bonchev–Trinajstić information content (AvgIpc) is 2.74. The summed E-state index contributed by atoms with van der Waals surface area (Å²) in [7, 11) is -3.78. The van der Waals surface area contributed by atoms with Crippen molar-refractivity contribution in [1.29, 1.82) is 0 Å². The molecule has 31 heavy (non-hydrogen) atoms. The van der Waals surface area contributed by atoms with Crippen LogP contribution in [0.15, 0.2) is 83.8 Å². The molecule has 0 spiro atoms. The van der Waals surface area contributed by atoms with Gasteiger partial charge in [-0.3, -0.25) is 9.52 Å². The first-order chi connectivity index (χ1) is 14.6. The van der Waals surface area contributed by atoms with E-state index in [0.29, 0.717) is 12.0 Å². The van der Waals surface area contributed by atoms with Crippen LogP contribution in [-0.4, -0.2) is 20.9 Å². The van der Waals surface area contributed by atoms with Crippen molar-refractivity contribution in [1.82, 2.24) is 5.32 Å². The van der Waals surface area contributed by atoms with Crippen LogP contribution in [0.1, 0.15) is 21.5 Å². The summed E-state index contributed by atoms with van der Waals surface area (Å²) in [6.45, 7) is 0.212. The van der Waals surface area contributed by atoms with E-state index in [-0.39, 0.29) is 22.7 Å². The second kappa shape index (κ2) is 9.22. The van der Waals surface area contributed by atoms with Gasteiger partial charge in [0.05, 0.1) is 10.5 Å². The molecule has 0 bridgehead atoms. The zero-order valence-corrected chi connectivity index (χ0v) is 17.0. The van der Waals surface area contributed by atoms with Crippen molar-refractivity contribution in [3.8, 4) is 0 Å². The Morgan fingerprint density at radius 3 is 2.19 bits per heavy atom. The van der Waals surface area contributed by atoms with Gasteiger partial charge in [-0.15, -0.1) is 0 Å². The van der Waals surface area contributed by atoms with E-state index >= 15 is 0 Å². The molecular formula is C22H19F3N2O3S. The van der Waals surface area contributed by atoms with Crippen LogP contribution < -0.4 is 10.0 Å². The molecule has 0 saturated heterocycles. The lowest BCUT2D eigenvalue weighted by Crippen LogP contribution is -2.25. The predicted molar refractivity (Wildman–Crippen MR) is 111 cm³/mol. The number of anilines is 1. The van der Waals surface area contributed by atoms with Crippen molar-refractivity contribution in [2.45, 2.75) is 17.5 Å². The highest BCUT2D eigenvalue weighted by Gasteiger charge is 2.29. The molecule has 3 rings (SSSR count). The van der Waals surface area contributed by atoms with Crippen molar-refractivity contribution in [2.24, 2.45) is 0 Å². The van der Waals surface area contributed by atoms with Crippen LogP contribution in [-0.2, 0) is 22.6 Å². The first kappa shape index (κ1) is 22.4. The maximum Gasteiger partial charge on any atom is 0.416 e. The lowest BCUT2D eigenvalue weighted by Gasteiger charge is -2.10. The minimum atomic E-state index is -4.39. The van der Waals surface area contributed by atoms with Crippen LogP contribution in [0.5, 0.6) is 0 Å². The van der Waals surface area contributed by atoms with Crippen LogP contribution in [0.3, 0.4) is 0 Å². The van der Waals surface area contributed by atoms with Crippen LogP contribution in [0.4, 0.5) is 18.9 Å². The molecule has 0 heterocycles. The third-order valence-electron chi connectivity index (χ3n) is 4.41. The van der Waals surface area contributed by atoms with Crippen LogP contribution >= 0.6 is 0 Å². The highest BCUT2D eigenvalue weighted by molar-refractivity contribution is 7.92. The lowest BCUT2D eigenvalue weighted by molar-refractivity contribution is -0.137. The molecule has 1 amide bonds. The van der Waals surface area contributed by atoms with E-state index in [0.717, 1.165) is 12.1 Å². The van der Waals surface area contributed by atoms with Gasteiger partial charge in [0.2, 0.25) is 0 Å². The van der Waals surface area contributed by atoms with Gasteiger partial charge in [-0.2, -0.15) is 13.2 Å². The number of nitrogens with one attached hydrogen (secondary N) is 2. The number of hydrogen-bond donors (Lipinski definition) is 2. The molecule has 2 N–H and O–H groups in total. The van der Waals surface area contributed by atoms with Gasteiger partial charge in [-0.1, -0.05) is 36.4 Å². The molecule has 3 aromatic rings. The van der Waals surface area contributed by atoms with Gasteiger partial charge in [-0.05, 0) is 54.4 Å². The third kappa shape index (κ3) is 6.08. The smallest absolute Gasteiger partial charge is 0.352 e. The molecule has 0 aliphatic heterocycles. The number of rotatable bonds is 7. The van der Waals surface area contributed by atoms with E-state index in [9.17, 15) is 26.4 Å². The van der Waals surface area contributed by atoms with Crippen molar-refractivity contribution < 1.29 is 26.4 Å². The number of carbonyl (C=O) groups is 1. The fraction of sp³-hybridized carbons (Fsp3) is 0.136. The summed E-state index contributed by atoms with van der Waals surface area (Å²) in [5.74, 6) is -0.423. The first-order valence-electron chi connectivity index (χ1n) is 9.27. The number of alkyl halides is 3. The summed E-state index contributed by atoms with van der Waals surface area (Å²) in [5.41, 5.74) is 0.410. The minimum absolute atomic E-state index is 0.0985. The maximum atomic E-state index is 12.6. The second-order valence-corrected chi connectivity index (χ2v) is 8.38. The minimum Gasteiger partial charge on any atom is -0.352 e. The fourth-order valence-electron chi connectivity index (χ4n) is 2.82. The Balaban J connectivity index is 1.59. The van der Waals surface area contributed by atoms with Crippen LogP contribution in [0, 0.1) is 0 Å². The van der Waals surface area contributed by atoms with Crippen molar-refractivity contribution in [3.05, 3.63) is 95.6 Å². The third-order valence-corrected chi connectivity index (χ3v) is 5.81. The van der Waals surface area contributed by atoms with E-state index in [1.807, 2.05) is 0 Å². The van der Waals surface area contributed by atoms with Crippen molar-refractivity contribution in [2.75, 3.05) is 11.3 Å². The Kier molecular flexibility index (Phi) is 6.65. The number of halogens is 3. The van der Waals surface area contributed by atoms with E-state index in [2.05, 4.69) is 10.0 Å². The first-order valence-corrected chi connectivity index (χ1v) is 10.8. The molecule has 0 aromatic heterocycles. The Labute approximate surface area is 178 Å². The number of benzene rings is 3. The van der Waals surface area contributed by atoms with Gasteiger partial charge in [0, 0.05) is 17.8 Å². The molecule has 3 aromatic carbocycles. The molecule has 0 radical (unpaired) electrons. The number of carbonyl (C=O) groups excluding carboxylic acids is 1. The highest BCUT2D eigenvalue weighted by Crippen LogP contribution is 2.29. The van der Waals surface area contributed by atoms with Gasteiger partial charge in [0.15, 0.2) is 0 Å². The molecule has 0 unspecified atom stereocenters.